The Bertz CT molecular complexity index is 366. The largest absolute Gasteiger partial charge is 0.394 e. The van der Waals surface area contributed by atoms with E-state index in [-0.39, 0.29) is 19.1 Å². The molecule has 0 aliphatic heterocycles. The third kappa shape index (κ3) is 2.71. The number of nitrogens with zero attached hydrogens (tertiary/aromatic N) is 1. The molecule has 100 valence electrons. The Hall–Kier alpha value is -1.39. The first-order valence-electron chi connectivity index (χ1n) is 6.24. The minimum absolute atomic E-state index is 0.164. The van der Waals surface area contributed by atoms with Crippen LogP contribution in [0.3, 0.4) is 0 Å². The Morgan fingerprint density at radius 1 is 1.17 bits per heavy atom. The van der Waals surface area contributed by atoms with E-state index in [1.165, 1.54) is 0 Å². The molecule has 0 unspecified atom stereocenters. The molecule has 1 amide bonds. The number of hydrogen-bond acceptors (Lipinski definition) is 3. The summed E-state index contributed by atoms with van der Waals surface area (Å²) in [4.78, 5) is 13.9. The van der Waals surface area contributed by atoms with E-state index in [0.717, 1.165) is 0 Å². The Morgan fingerprint density at radius 3 is 2.11 bits per heavy atom. The first-order chi connectivity index (χ1) is 8.65. The maximum absolute atomic E-state index is 12.4. The zero-order chi connectivity index (χ0) is 13.6. The third-order valence-corrected chi connectivity index (χ3v) is 3.40. The first-order valence-corrected chi connectivity index (χ1v) is 6.24. The molecule has 0 atom stereocenters. The van der Waals surface area contributed by atoms with Gasteiger partial charge in [-0.05, 0) is 25.5 Å². The van der Waals surface area contributed by atoms with Crippen molar-refractivity contribution < 1.29 is 15.0 Å². The van der Waals surface area contributed by atoms with Gasteiger partial charge in [-0.2, -0.15) is 0 Å². The zero-order valence-electron chi connectivity index (χ0n) is 11.0. The van der Waals surface area contributed by atoms with E-state index in [1.807, 2.05) is 19.9 Å². The van der Waals surface area contributed by atoms with Crippen LogP contribution in [0.2, 0.25) is 0 Å². The predicted octanol–water partition coefficient (Wildman–Crippen LogP) is 1.28. The predicted molar refractivity (Wildman–Crippen MR) is 70.3 cm³/mol. The number of carbonyl (C=O) groups is 1. The van der Waals surface area contributed by atoms with Gasteiger partial charge in [0.25, 0.3) is 5.91 Å². The topological polar surface area (TPSA) is 60.8 Å². The summed E-state index contributed by atoms with van der Waals surface area (Å²) in [5, 5.41) is 19.0. The van der Waals surface area contributed by atoms with Gasteiger partial charge in [0, 0.05) is 12.1 Å². The molecule has 2 N–H and O–H groups in total. The van der Waals surface area contributed by atoms with E-state index in [4.69, 9.17) is 0 Å². The quantitative estimate of drug-likeness (QED) is 0.800. The van der Waals surface area contributed by atoms with Gasteiger partial charge in [0.1, 0.15) is 0 Å². The minimum Gasteiger partial charge on any atom is -0.394 e. The number of carbonyl (C=O) groups excluding carboxylic acids is 1. The molecule has 1 aromatic carbocycles. The van der Waals surface area contributed by atoms with Gasteiger partial charge in [-0.15, -0.1) is 0 Å². The van der Waals surface area contributed by atoms with E-state index in [1.54, 1.807) is 29.2 Å². The molecule has 0 aliphatic carbocycles. The van der Waals surface area contributed by atoms with Gasteiger partial charge in [-0.25, -0.2) is 0 Å². The van der Waals surface area contributed by atoms with E-state index < -0.39 is 5.54 Å². The number of hydrogen-bond donors (Lipinski definition) is 2. The third-order valence-electron chi connectivity index (χ3n) is 3.40. The molecule has 0 bridgehead atoms. The number of likely N-dealkylation sites (N-methyl/N-ethyl adjacent to an activating group) is 1. The zero-order valence-corrected chi connectivity index (χ0v) is 11.0. The average Bonchev–Trinajstić information content (AvgIpc) is 2.45. The van der Waals surface area contributed by atoms with Crippen molar-refractivity contribution in [2.24, 2.45) is 0 Å². The minimum atomic E-state index is -0.887. The molecule has 1 rings (SSSR count). The van der Waals surface area contributed by atoms with E-state index in [9.17, 15) is 15.0 Å². The van der Waals surface area contributed by atoms with Gasteiger partial charge in [-0.3, -0.25) is 4.79 Å². The molecule has 18 heavy (non-hydrogen) atoms. The first kappa shape index (κ1) is 14.7. The van der Waals surface area contributed by atoms with Crippen molar-refractivity contribution in [3.63, 3.8) is 0 Å². The normalized spacial score (nSPS) is 11.3. The van der Waals surface area contributed by atoms with Crippen molar-refractivity contribution in [1.29, 1.82) is 0 Å². The van der Waals surface area contributed by atoms with E-state index in [2.05, 4.69) is 0 Å². The van der Waals surface area contributed by atoms with Crippen molar-refractivity contribution in [2.75, 3.05) is 19.8 Å². The number of benzene rings is 1. The van der Waals surface area contributed by atoms with E-state index >= 15 is 0 Å². The second kappa shape index (κ2) is 6.52. The Labute approximate surface area is 108 Å². The average molecular weight is 251 g/mol. The Balaban J connectivity index is 3.06. The van der Waals surface area contributed by atoms with Gasteiger partial charge >= 0.3 is 0 Å². The Morgan fingerprint density at radius 2 is 1.72 bits per heavy atom. The summed E-state index contributed by atoms with van der Waals surface area (Å²) >= 11 is 0. The molecule has 0 spiro atoms. The van der Waals surface area contributed by atoms with Gasteiger partial charge in [0.05, 0.1) is 18.8 Å². The monoisotopic (exact) mass is 251 g/mol. The summed E-state index contributed by atoms with van der Waals surface area (Å²) in [6.07, 6.45) is 0.506. The van der Waals surface area contributed by atoms with Crippen LogP contribution in [0.25, 0.3) is 0 Å². The lowest BCUT2D eigenvalue weighted by molar-refractivity contribution is -0.00593. The summed E-state index contributed by atoms with van der Waals surface area (Å²) in [6, 6.07) is 8.91. The standard InChI is InChI=1S/C14H21NO3/c1-3-14(10-16,11-17)15(4-2)13(18)12-8-6-5-7-9-12/h5-9,16-17H,3-4,10-11H2,1-2H3. The van der Waals surface area contributed by atoms with Crippen molar-refractivity contribution in [3.05, 3.63) is 35.9 Å². The van der Waals surface area contributed by atoms with Gasteiger partial charge < -0.3 is 15.1 Å². The van der Waals surface area contributed by atoms with Crippen molar-refractivity contribution in [3.8, 4) is 0 Å². The highest BCUT2D eigenvalue weighted by Gasteiger charge is 2.36. The van der Waals surface area contributed by atoms with Crippen molar-refractivity contribution >= 4 is 5.91 Å². The molecule has 0 radical (unpaired) electrons. The lowest BCUT2D eigenvalue weighted by Crippen LogP contribution is -2.56. The fraction of sp³-hybridized carbons (Fsp3) is 0.500. The number of aliphatic hydroxyl groups excluding tert-OH is 2. The van der Waals surface area contributed by atoms with Crippen molar-refractivity contribution in [1.82, 2.24) is 4.90 Å². The maximum Gasteiger partial charge on any atom is 0.254 e. The SMILES string of the molecule is CCN(C(=O)c1ccccc1)C(CC)(CO)CO. The van der Waals surface area contributed by atoms with Gasteiger partial charge in [-0.1, -0.05) is 25.1 Å². The highest BCUT2D eigenvalue weighted by Crippen LogP contribution is 2.21. The van der Waals surface area contributed by atoms with Crippen LogP contribution in [0.1, 0.15) is 30.6 Å². The lowest BCUT2D eigenvalue weighted by Gasteiger charge is -2.40. The molecular weight excluding hydrogens is 230 g/mol. The fourth-order valence-corrected chi connectivity index (χ4v) is 2.07. The molecule has 4 heteroatoms. The van der Waals surface area contributed by atoms with Gasteiger partial charge in [0.2, 0.25) is 0 Å². The van der Waals surface area contributed by atoms with E-state index in [0.29, 0.717) is 18.5 Å². The molecular formula is C14H21NO3. The van der Waals surface area contributed by atoms with Crippen LogP contribution in [0.5, 0.6) is 0 Å². The summed E-state index contributed by atoms with van der Waals surface area (Å²) in [6.45, 7) is 3.66. The second-order valence-electron chi connectivity index (χ2n) is 4.31. The van der Waals surface area contributed by atoms with Crippen LogP contribution in [0, 0.1) is 0 Å². The molecule has 1 aromatic rings. The summed E-state index contributed by atoms with van der Waals surface area (Å²) in [5.41, 5.74) is -0.319. The highest BCUT2D eigenvalue weighted by atomic mass is 16.3. The van der Waals surface area contributed by atoms with Crippen molar-refractivity contribution in [2.45, 2.75) is 25.8 Å². The van der Waals surface area contributed by atoms with Crippen LogP contribution in [0.4, 0.5) is 0 Å². The molecule has 0 fully saturated rings. The molecule has 4 nitrogen and oxygen atoms in total. The van der Waals surface area contributed by atoms with Crippen LogP contribution < -0.4 is 0 Å². The van der Waals surface area contributed by atoms with Crippen LogP contribution in [-0.2, 0) is 0 Å². The Kier molecular flexibility index (Phi) is 5.31. The summed E-state index contributed by atoms with van der Waals surface area (Å²) in [5.74, 6) is -0.164. The molecule has 0 aromatic heterocycles. The second-order valence-corrected chi connectivity index (χ2v) is 4.31. The van der Waals surface area contributed by atoms with Crippen LogP contribution >= 0.6 is 0 Å². The van der Waals surface area contributed by atoms with Gasteiger partial charge in [0.15, 0.2) is 0 Å². The molecule has 0 aliphatic rings. The molecule has 0 heterocycles. The number of rotatable bonds is 6. The maximum atomic E-state index is 12.4. The number of amides is 1. The highest BCUT2D eigenvalue weighted by molar-refractivity contribution is 5.94. The summed E-state index contributed by atoms with van der Waals surface area (Å²) < 4.78 is 0. The summed E-state index contributed by atoms with van der Waals surface area (Å²) in [7, 11) is 0. The molecule has 0 saturated carbocycles. The fourth-order valence-electron chi connectivity index (χ4n) is 2.07. The molecule has 0 saturated heterocycles. The van der Waals surface area contributed by atoms with Crippen LogP contribution in [0.15, 0.2) is 30.3 Å². The van der Waals surface area contributed by atoms with Crippen LogP contribution in [-0.4, -0.2) is 46.3 Å². The smallest absolute Gasteiger partial charge is 0.254 e. The lowest BCUT2D eigenvalue weighted by atomic mass is 9.94. The number of aliphatic hydroxyl groups is 2.